The van der Waals surface area contributed by atoms with Crippen LogP contribution >= 0.6 is 12.2 Å². The molecule has 0 aliphatic heterocycles. The van der Waals surface area contributed by atoms with Gasteiger partial charge < -0.3 is 5.11 Å². The quantitative estimate of drug-likeness (QED) is 0.567. The third kappa shape index (κ3) is 2.88. The molecule has 1 aromatic heterocycles. The van der Waals surface area contributed by atoms with Crippen LogP contribution in [-0.2, 0) is 0 Å². The summed E-state index contributed by atoms with van der Waals surface area (Å²) >= 11 is 5.60. The highest BCUT2D eigenvalue weighted by Gasteiger charge is 2.21. The average molecular weight is 365 g/mol. The molecule has 2 aromatic carbocycles. The predicted molar refractivity (Wildman–Crippen MR) is 107 cm³/mol. The van der Waals surface area contributed by atoms with Gasteiger partial charge in [0.1, 0.15) is 5.56 Å². The standard InChI is InChI=1S/C20H19N3O2S/c1-13-9-7-8-12-16(13)23-19(25)17(14(2)21-3)18(24)22(20(23)26)15-10-5-4-6-11-15/h4-12,25H,1-3H3. The largest absolute Gasteiger partial charge is 0.494 e. The van der Waals surface area contributed by atoms with Crippen molar-refractivity contribution in [2.45, 2.75) is 13.8 Å². The van der Waals surface area contributed by atoms with E-state index in [2.05, 4.69) is 4.99 Å². The number of aryl methyl sites for hydroxylation is 1. The number of aromatic hydroxyl groups is 1. The molecule has 0 aliphatic carbocycles. The van der Waals surface area contributed by atoms with Crippen LogP contribution in [0.15, 0.2) is 64.4 Å². The summed E-state index contributed by atoms with van der Waals surface area (Å²) in [4.78, 5) is 17.2. The molecule has 0 amide bonds. The van der Waals surface area contributed by atoms with Crippen molar-refractivity contribution in [2.24, 2.45) is 4.99 Å². The van der Waals surface area contributed by atoms with E-state index in [-0.39, 0.29) is 16.2 Å². The van der Waals surface area contributed by atoms with Crippen LogP contribution in [0.25, 0.3) is 11.4 Å². The molecule has 5 nitrogen and oxygen atoms in total. The van der Waals surface area contributed by atoms with Crippen LogP contribution in [0.3, 0.4) is 0 Å². The second-order valence-corrected chi connectivity index (χ2v) is 6.25. The first-order chi connectivity index (χ1) is 12.5. The number of para-hydroxylation sites is 2. The lowest BCUT2D eigenvalue weighted by Crippen LogP contribution is -2.29. The second-order valence-electron chi connectivity index (χ2n) is 5.89. The van der Waals surface area contributed by atoms with Crippen molar-refractivity contribution in [2.75, 3.05) is 7.05 Å². The molecule has 1 N–H and O–H groups in total. The molecule has 0 aliphatic rings. The van der Waals surface area contributed by atoms with Crippen molar-refractivity contribution in [3.8, 4) is 17.3 Å². The molecule has 132 valence electrons. The Hall–Kier alpha value is -2.99. The van der Waals surface area contributed by atoms with Crippen LogP contribution in [0, 0.1) is 11.7 Å². The number of hydrogen-bond donors (Lipinski definition) is 1. The molecule has 0 bridgehead atoms. The van der Waals surface area contributed by atoms with Crippen molar-refractivity contribution in [1.29, 1.82) is 0 Å². The molecule has 0 saturated carbocycles. The topological polar surface area (TPSA) is 59.5 Å². The third-order valence-corrected chi connectivity index (χ3v) is 4.67. The summed E-state index contributed by atoms with van der Waals surface area (Å²) < 4.78 is 3.13. The van der Waals surface area contributed by atoms with Crippen molar-refractivity contribution >= 4 is 17.9 Å². The van der Waals surface area contributed by atoms with Crippen molar-refractivity contribution in [3.63, 3.8) is 0 Å². The van der Waals surface area contributed by atoms with E-state index in [4.69, 9.17) is 12.2 Å². The first-order valence-corrected chi connectivity index (χ1v) is 8.54. The van der Waals surface area contributed by atoms with E-state index in [9.17, 15) is 9.90 Å². The highest BCUT2D eigenvalue weighted by Crippen LogP contribution is 2.24. The lowest BCUT2D eigenvalue weighted by Gasteiger charge is -2.18. The van der Waals surface area contributed by atoms with Gasteiger partial charge in [-0.25, -0.2) is 0 Å². The zero-order valence-electron chi connectivity index (χ0n) is 14.8. The minimum absolute atomic E-state index is 0.133. The van der Waals surface area contributed by atoms with Crippen molar-refractivity contribution in [1.82, 2.24) is 9.13 Å². The number of aromatic nitrogens is 2. The monoisotopic (exact) mass is 365 g/mol. The maximum atomic E-state index is 13.1. The molecule has 0 radical (unpaired) electrons. The van der Waals surface area contributed by atoms with Gasteiger partial charge in [-0.2, -0.15) is 0 Å². The van der Waals surface area contributed by atoms with Gasteiger partial charge in [-0.15, -0.1) is 0 Å². The van der Waals surface area contributed by atoms with Gasteiger partial charge in [0.05, 0.1) is 11.4 Å². The zero-order chi connectivity index (χ0) is 18.8. The fourth-order valence-electron chi connectivity index (χ4n) is 2.86. The molecule has 26 heavy (non-hydrogen) atoms. The average Bonchev–Trinajstić information content (AvgIpc) is 2.64. The van der Waals surface area contributed by atoms with Gasteiger partial charge in [0.25, 0.3) is 5.56 Å². The number of aliphatic imine (C=N–C) groups is 1. The first-order valence-electron chi connectivity index (χ1n) is 8.13. The van der Waals surface area contributed by atoms with E-state index in [0.717, 1.165) is 5.56 Å². The van der Waals surface area contributed by atoms with E-state index in [1.165, 1.54) is 9.13 Å². The van der Waals surface area contributed by atoms with Gasteiger partial charge in [0.2, 0.25) is 5.88 Å². The Morgan fingerprint density at radius 1 is 1.04 bits per heavy atom. The van der Waals surface area contributed by atoms with Crippen LogP contribution in [-0.4, -0.2) is 27.0 Å². The Morgan fingerprint density at radius 3 is 2.27 bits per heavy atom. The number of nitrogens with zero attached hydrogens (tertiary/aromatic N) is 3. The Kier molecular flexibility index (Phi) is 4.86. The highest BCUT2D eigenvalue weighted by molar-refractivity contribution is 7.71. The molecule has 3 aromatic rings. The van der Waals surface area contributed by atoms with E-state index >= 15 is 0 Å². The van der Waals surface area contributed by atoms with Gasteiger partial charge in [-0.1, -0.05) is 36.4 Å². The summed E-state index contributed by atoms with van der Waals surface area (Å²) in [6.07, 6.45) is 0. The van der Waals surface area contributed by atoms with Gasteiger partial charge >= 0.3 is 0 Å². The third-order valence-electron chi connectivity index (χ3n) is 4.30. The predicted octanol–water partition coefficient (Wildman–Crippen LogP) is 3.81. The molecular formula is C20H19N3O2S. The molecule has 0 spiro atoms. The number of rotatable bonds is 3. The fraction of sp³-hybridized carbons (Fsp3) is 0.150. The van der Waals surface area contributed by atoms with Gasteiger partial charge in [0, 0.05) is 12.8 Å². The Morgan fingerprint density at radius 2 is 1.65 bits per heavy atom. The molecule has 0 unspecified atom stereocenters. The number of hydrogen-bond acceptors (Lipinski definition) is 4. The normalized spacial score (nSPS) is 11.6. The van der Waals surface area contributed by atoms with Crippen LogP contribution in [0.2, 0.25) is 0 Å². The van der Waals surface area contributed by atoms with E-state index in [0.29, 0.717) is 17.1 Å². The minimum Gasteiger partial charge on any atom is -0.494 e. The Labute approximate surface area is 156 Å². The van der Waals surface area contributed by atoms with E-state index in [1.807, 2.05) is 49.4 Å². The van der Waals surface area contributed by atoms with Crippen molar-refractivity contribution in [3.05, 3.63) is 80.8 Å². The van der Waals surface area contributed by atoms with E-state index in [1.54, 1.807) is 26.1 Å². The summed E-state index contributed by atoms with van der Waals surface area (Å²) in [5.41, 5.74) is 2.45. The molecule has 0 saturated heterocycles. The van der Waals surface area contributed by atoms with Gasteiger partial charge in [0.15, 0.2) is 4.77 Å². The summed E-state index contributed by atoms with van der Waals surface area (Å²) in [5.74, 6) is -0.204. The Bertz CT molecular complexity index is 1110. The maximum absolute atomic E-state index is 13.1. The minimum atomic E-state index is -0.397. The molecular weight excluding hydrogens is 346 g/mol. The van der Waals surface area contributed by atoms with Crippen molar-refractivity contribution < 1.29 is 5.11 Å². The van der Waals surface area contributed by atoms with Gasteiger partial charge in [-0.05, 0) is 49.8 Å². The first kappa shape index (κ1) is 17.8. The van der Waals surface area contributed by atoms with Crippen LogP contribution < -0.4 is 5.56 Å². The molecule has 6 heteroatoms. The zero-order valence-corrected chi connectivity index (χ0v) is 15.6. The fourth-order valence-corrected chi connectivity index (χ4v) is 3.23. The molecule has 0 fully saturated rings. The number of benzene rings is 2. The van der Waals surface area contributed by atoms with Crippen LogP contribution in [0.1, 0.15) is 18.1 Å². The van der Waals surface area contributed by atoms with Crippen LogP contribution in [0.5, 0.6) is 5.88 Å². The smallest absolute Gasteiger partial charge is 0.271 e. The summed E-state index contributed by atoms with van der Waals surface area (Å²) in [6.45, 7) is 3.62. The lowest BCUT2D eigenvalue weighted by atomic mass is 10.1. The molecule has 0 atom stereocenters. The Balaban J connectivity index is 2.53. The highest BCUT2D eigenvalue weighted by atomic mass is 32.1. The summed E-state index contributed by atoms with van der Waals surface area (Å²) in [7, 11) is 1.58. The summed E-state index contributed by atoms with van der Waals surface area (Å²) in [6, 6.07) is 16.7. The van der Waals surface area contributed by atoms with Gasteiger partial charge in [-0.3, -0.25) is 18.9 Å². The second kappa shape index (κ2) is 7.09. The molecule has 3 rings (SSSR count). The molecule has 1 heterocycles. The summed E-state index contributed by atoms with van der Waals surface area (Å²) in [5, 5.41) is 10.9. The van der Waals surface area contributed by atoms with E-state index < -0.39 is 5.56 Å². The van der Waals surface area contributed by atoms with Crippen LogP contribution in [0.4, 0.5) is 0 Å². The SMILES string of the molecule is CN=C(C)c1c(O)n(-c2ccccc2C)c(=S)n(-c2ccccc2)c1=O. The maximum Gasteiger partial charge on any atom is 0.271 e. The lowest BCUT2D eigenvalue weighted by molar-refractivity contribution is 0.429.